The Kier molecular flexibility index (Phi) is 10.8. The van der Waals surface area contributed by atoms with Crippen LogP contribution in [-0.2, 0) is 24.4 Å². The van der Waals surface area contributed by atoms with Crippen molar-refractivity contribution in [3.05, 3.63) is 87.0 Å². The maximum atomic E-state index is 15.1. The van der Waals surface area contributed by atoms with Crippen LogP contribution in [0.1, 0.15) is 40.5 Å². The summed E-state index contributed by atoms with van der Waals surface area (Å²) in [6.07, 6.45) is -9.30. The van der Waals surface area contributed by atoms with E-state index in [1.807, 2.05) is 5.32 Å². The van der Waals surface area contributed by atoms with E-state index >= 15 is 8.78 Å². The molecule has 0 unspecified atom stereocenters. The zero-order chi connectivity index (χ0) is 38.2. The minimum absolute atomic E-state index is 0.0412. The molecule has 51 heavy (non-hydrogen) atoms. The quantitative estimate of drug-likeness (QED) is 0.130. The molecule has 2 aromatic heterocycles. The highest BCUT2D eigenvalue weighted by Gasteiger charge is 2.40. The molecule has 2 aromatic carbocycles. The molecule has 0 saturated heterocycles. The smallest absolute Gasteiger partial charge is 0.393 e. The molecule has 3 N–H and O–H groups in total. The van der Waals surface area contributed by atoms with Crippen LogP contribution in [0, 0.1) is 18.6 Å². The molecule has 2 heterocycles. The molecule has 0 saturated carbocycles. The van der Waals surface area contributed by atoms with Gasteiger partial charge in [-0.05, 0) is 43.2 Å². The first-order valence-corrected chi connectivity index (χ1v) is 15.3. The number of halogens is 8. The van der Waals surface area contributed by atoms with Crippen LogP contribution < -0.4 is 21.1 Å². The number of hydrogen-bond acceptors (Lipinski definition) is 7. The van der Waals surface area contributed by atoms with Gasteiger partial charge in [0.15, 0.2) is 0 Å². The number of alkyl halides is 6. The van der Waals surface area contributed by atoms with Gasteiger partial charge in [0.05, 0.1) is 35.1 Å². The summed E-state index contributed by atoms with van der Waals surface area (Å²) in [6.45, 7) is 1.41. The third-order valence-corrected chi connectivity index (χ3v) is 8.48. The molecular formula is C34H33F8N5O4. The maximum absolute atomic E-state index is 15.1. The van der Waals surface area contributed by atoms with Crippen LogP contribution in [0.25, 0.3) is 22.0 Å². The minimum atomic E-state index is -4.94. The first-order chi connectivity index (χ1) is 23.7. The fraction of sp³-hybridized carbons (Fsp3) is 0.353. The second kappa shape index (κ2) is 14.3. The van der Waals surface area contributed by atoms with Crippen molar-refractivity contribution in [2.24, 2.45) is 7.05 Å². The highest BCUT2D eigenvalue weighted by atomic mass is 19.4. The first kappa shape index (κ1) is 38.7. The number of pyridine rings is 2. The molecule has 0 spiro atoms. The van der Waals surface area contributed by atoms with Crippen LogP contribution in [0.3, 0.4) is 0 Å². The number of hydrogen-bond donors (Lipinski definition) is 3. The Bertz CT molecular complexity index is 2020. The Morgan fingerprint density at radius 1 is 1.06 bits per heavy atom. The van der Waals surface area contributed by atoms with Gasteiger partial charge in [-0.15, -0.1) is 0 Å². The van der Waals surface area contributed by atoms with Crippen molar-refractivity contribution in [1.29, 1.82) is 0 Å². The number of aliphatic hydroxyl groups excluding tert-OH is 1. The highest BCUT2D eigenvalue weighted by Crippen LogP contribution is 2.39. The zero-order valence-electron chi connectivity index (χ0n) is 27.9. The summed E-state index contributed by atoms with van der Waals surface area (Å²) in [5.41, 5.74) is -6.72. The second-order valence-corrected chi connectivity index (χ2v) is 12.2. The average molecular weight is 728 g/mol. The fourth-order valence-corrected chi connectivity index (χ4v) is 5.54. The summed E-state index contributed by atoms with van der Waals surface area (Å²) in [7, 11) is 4.59. The molecule has 2 atom stereocenters. The fourth-order valence-electron chi connectivity index (χ4n) is 5.54. The third-order valence-electron chi connectivity index (χ3n) is 8.48. The number of carbonyl (C=O) groups is 2. The Labute approximate surface area is 285 Å². The van der Waals surface area contributed by atoms with E-state index in [0.29, 0.717) is 17.8 Å². The lowest BCUT2D eigenvalue weighted by molar-refractivity contribution is -0.143. The van der Waals surface area contributed by atoms with Crippen molar-refractivity contribution in [2.45, 2.75) is 50.6 Å². The number of rotatable bonds is 11. The molecular weight excluding hydrogens is 694 g/mol. The van der Waals surface area contributed by atoms with Gasteiger partial charge in [0.2, 0.25) is 0 Å². The van der Waals surface area contributed by atoms with E-state index in [0.717, 1.165) is 10.6 Å². The Hall–Kier alpha value is -5.06. The number of nitrogens with one attached hydrogen (secondary N) is 2. The van der Waals surface area contributed by atoms with Gasteiger partial charge in [0, 0.05) is 49.9 Å². The molecule has 274 valence electrons. The number of amides is 1. The summed E-state index contributed by atoms with van der Waals surface area (Å²) in [5, 5.41) is 14.5. The van der Waals surface area contributed by atoms with Crippen molar-refractivity contribution in [3.63, 3.8) is 0 Å². The minimum Gasteiger partial charge on any atom is -0.393 e. The Morgan fingerprint density at radius 2 is 1.69 bits per heavy atom. The summed E-state index contributed by atoms with van der Waals surface area (Å²) in [4.78, 5) is 45.0. The monoisotopic (exact) mass is 727 g/mol. The molecule has 0 fully saturated rings. The van der Waals surface area contributed by atoms with Gasteiger partial charge < -0.3 is 30.0 Å². The van der Waals surface area contributed by atoms with Gasteiger partial charge in [0.25, 0.3) is 11.5 Å². The lowest BCUT2D eigenvalue weighted by Crippen LogP contribution is -2.54. The largest absolute Gasteiger partial charge is 0.417 e. The molecule has 0 aliphatic rings. The number of aromatic nitrogens is 2. The van der Waals surface area contributed by atoms with Gasteiger partial charge >= 0.3 is 12.4 Å². The van der Waals surface area contributed by atoms with Crippen LogP contribution >= 0.6 is 0 Å². The number of anilines is 2. The summed E-state index contributed by atoms with van der Waals surface area (Å²) < 4.78 is 114. The average Bonchev–Trinajstić information content (AvgIpc) is 3.04. The van der Waals surface area contributed by atoms with Crippen LogP contribution in [-0.4, -0.2) is 65.3 Å². The number of aryl methyl sites for hydroxylation is 1. The molecule has 1 amide bonds. The van der Waals surface area contributed by atoms with E-state index in [4.69, 9.17) is 0 Å². The van der Waals surface area contributed by atoms with E-state index < -0.39 is 88.9 Å². The first-order valence-electron chi connectivity index (χ1n) is 15.3. The SMILES string of the molecule is CC[C@@H](Nc1cc(F)c(C(=O)N[C@@](C=O)(CO)Cc2ccc(-c3c(C(F)(F)F)cc(C)n(C)c3=O)c3ncc(N(C)C)cc23)c(F)c1)C(F)(F)F. The van der Waals surface area contributed by atoms with E-state index in [1.54, 1.807) is 19.0 Å². The van der Waals surface area contributed by atoms with Crippen LogP contribution in [0.5, 0.6) is 0 Å². The maximum Gasteiger partial charge on any atom is 0.417 e. The van der Waals surface area contributed by atoms with Gasteiger partial charge in [-0.25, -0.2) is 8.78 Å². The predicted molar refractivity (Wildman–Crippen MR) is 174 cm³/mol. The molecule has 0 radical (unpaired) electrons. The number of benzene rings is 2. The van der Waals surface area contributed by atoms with E-state index in [1.165, 1.54) is 45.3 Å². The van der Waals surface area contributed by atoms with Gasteiger partial charge in [-0.1, -0.05) is 19.1 Å². The zero-order valence-corrected chi connectivity index (χ0v) is 27.9. The standard InChI is InChI=1S/C34H33F8N5O4/c1-6-26(34(40,41)42)44-19-10-24(35)28(25(36)11-19)30(50)45-32(15-48,16-49)13-18-7-8-21(29-22(18)12-20(14-43-29)46(3)4)27-23(33(37,38)39)9-17(2)47(5)31(27)51/h7-12,14-15,26,44,49H,6,13,16H2,1-5H3,(H,45,50)/t26-,32+/m1/s1. The van der Waals surface area contributed by atoms with E-state index in [-0.39, 0.29) is 34.0 Å². The van der Waals surface area contributed by atoms with Crippen molar-refractivity contribution in [2.75, 3.05) is 30.9 Å². The van der Waals surface area contributed by atoms with E-state index in [9.17, 15) is 45.8 Å². The lowest BCUT2D eigenvalue weighted by Gasteiger charge is -2.28. The molecule has 9 nitrogen and oxygen atoms in total. The molecule has 0 aliphatic heterocycles. The van der Waals surface area contributed by atoms with Gasteiger partial charge in [-0.3, -0.25) is 14.6 Å². The molecule has 0 aliphatic carbocycles. The van der Waals surface area contributed by atoms with Crippen molar-refractivity contribution < 1.29 is 49.8 Å². The van der Waals surface area contributed by atoms with Crippen molar-refractivity contribution >= 4 is 34.5 Å². The topological polar surface area (TPSA) is 117 Å². The molecule has 4 aromatic rings. The normalized spacial score (nSPS) is 13.8. The molecule has 4 rings (SSSR count). The Balaban J connectivity index is 1.82. The summed E-state index contributed by atoms with van der Waals surface area (Å²) >= 11 is 0. The number of carbonyl (C=O) groups excluding carboxylic acids is 2. The van der Waals surface area contributed by atoms with Crippen LogP contribution in [0.2, 0.25) is 0 Å². The van der Waals surface area contributed by atoms with Gasteiger partial charge in [-0.2, -0.15) is 26.3 Å². The molecule has 17 heteroatoms. The van der Waals surface area contributed by atoms with Crippen molar-refractivity contribution in [1.82, 2.24) is 14.9 Å². The number of aliphatic hydroxyl groups is 1. The number of fused-ring (bicyclic) bond motifs is 1. The second-order valence-electron chi connectivity index (χ2n) is 12.2. The predicted octanol–water partition coefficient (Wildman–Crippen LogP) is 5.93. The Morgan fingerprint density at radius 3 is 2.20 bits per heavy atom. The van der Waals surface area contributed by atoms with Crippen LogP contribution in [0.4, 0.5) is 46.5 Å². The van der Waals surface area contributed by atoms with E-state index in [2.05, 4.69) is 10.3 Å². The summed E-state index contributed by atoms with van der Waals surface area (Å²) in [5.74, 6) is -4.68. The van der Waals surface area contributed by atoms with Crippen molar-refractivity contribution in [3.8, 4) is 11.1 Å². The summed E-state index contributed by atoms with van der Waals surface area (Å²) in [6, 6.07) is 3.56. The van der Waals surface area contributed by atoms with Crippen LogP contribution in [0.15, 0.2) is 47.4 Å². The number of nitrogens with zero attached hydrogens (tertiary/aromatic N) is 3. The highest BCUT2D eigenvalue weighted by molar-refractivity contribution is 5.99. The lowest BCUT2D eigenvalue weighted by atomic mass is 9.88. The number of aldehydes is 1. The molecule has 0 bridgehead atoms. The third kappa shape index (κ3) is 7.82. The van der Waals surface area contributed by atoms with Gasteiger partial charge in [0.1, 0.15) is 35.1 Å².